The van der Waals surface area contributed by atoms with E-state index in [0.29, 0.717) is 0 Å². The van der Waals surface area contributed by atoms with Gasteiger partial charge in [0.2, 0.25) is 0 Å². The molecule has 0 atom stereocenters. The van der Waals surface area contributed by atoms with Crippen LogP contribution >= 0.6 is 10.0 Å². The number of benzene rings is 13. The van der Waals surface area contributed by atoms with Gasteiger partial charge in [0.05, 0.1) is 22.2 Å². The lowest BCUT2D eigenvalue weighted by atomic mass is 9.92. The van der Waals surface area contributed by atoms with Gasteiger partial charge in [-0.2, -0.15) is 0 Å². The van der Waals surface area contributed by atoms with Crippen LogP contribution < -0.4 is 0 Å². The summed E-state index contributed by atoms with van der Waals surface area (Å²) in [4.78, 5) is 4.95. The number of furan rings is 1. The zero-order valence-corrected chi connectivity index (χ0v) is 52.3. The van der Waals surface area contributed by atoms with E-state index in [4.69, 9.17) is 4.42 Å². The molecule has 3 heterocycles. The second kappa shape index (κ2) is 22.8. The third kappa shape index (κ3) is 9.00. The van der Waals surface area contributed by atoms with Crippen LogP contribution in [0.5, 0.6) is 0 Å². The van der Waals surface area contributed by atoms with Crippen LogP contribution in [-0.2, 0) is 6.42 Å². The molecule has 1 aliphatic carbocycles. The van der Waals surface area contributed by atoms with E-state index < -0.39 is 10.0 Å². The molecule has 0 saturated heterocycles. The highest BCUT2D eigenvalue weighted by Gasteiger charge is 2.37. The van der Waals surface area contributed by atoms with Crippen LogP contribution in [0.1, 0.15) is 17.7 Å². The number of allylic oxidation sites excluding steroid dienone is 1. The SMILES string of the molecule is c1cccc(-c2cc(S(c3ccccc3)(c3ccccc3)c3cc(-c4ccccc4)cc(-c4ccccc4)c3)cc(-c3ccccc3)c2-n2c3c(c4cc(-n5c6ccccc6c6cccc(-c7ccccc7-c7ccc8oc9ccccc9c8c7)c65)ccc42)C=CCC3)c#1. The Morgan fingerprint density at radius 3 is 1.64 bits per heavy atom. The van der Waals surface area contributed by atoms with Crippen molar-refractivity contribution in [3.8, 4) is 78.1 Å². The molecule has 0 fully saturated rings. The number of hydrogen-bond donors (Lipinski definition) is 0. The topological polar surface area (TPSA) is 23.0 Å². The standard InChI is InChI=1S/C90H60N2OS/c1-7-28-61(29-8-1)66-54-67(62-30-9-2-10-31-62)56-71(55-66)94(69-36-15-5-16-37-69,70-38-17-6-18-39-70)72-59-80(63-32-11-3-12-33-63)90(81(60-72)64-34-13-4-14-35-64)92-85-48-25-22-43-76(85)82-58-68(51-52-86(82)92)91-84-47-24-21-42-75(84)79-46-27-45-78(89(79)91)74-41-20-19-40-73(74)65-50-53-88-83(57-65)77-44-23-26-49-87(77)93-88/h1-13,15-24,26-34,36-47,49-60H,25,48H2. The minimum Gasteiger partial charge on any atom is -0.456 e. The fourth-order valence-corrected chi connectivity index (χ4v) is 18.9. The van der Waals surface area contributed by atoms with Gasteiger partial charge in [0.15, 0.2) is 0 Å². The monoisotopic (exact) mass is 1220 g/mol. The third-order valence-corrected chi connectivity index (χ3v) is 23.0. The average molecular weight is 1220 g/mol. The van der Waals surface area contributed by atoms with Gasteiger partial charge in [0, 0.05) is 85.7 Å². The largest absolute Gasteiger partial charge is 0.456 e. The van der Waals surface area contributed by atoms with Gasteiger partial charge in [-0.05, 0) is 167 Å². The number of rotatable bonds is 12. The smallest absolute Gasteiger partial charge is 0.135 e. The van der Waals surface area contributed by atoms with Gasteiger partial charge in [0.1, 0.15) is 11.2 Å². The van der Waals surface area contributed by atoms with Gasteiger partial charge < -0.3 is 13.6 Å². The van der Waals surface area contributed by atoms with Crippen molar-refractivity contribution in [2.24, 2.45) is 0 Å². The van der Waals surface area contributed by atoms with E-state index in [0.717, 1.165) is 85.0 Å². The van der Waals surface area contributed by atoms with Crippen molar-refractivity contribution in [3.63, 3.8) is 0 Å². The normalized spacial score (nSPS) is 12.4. The molecule has 0 aliphatic heterocycles. The molecule has 17 aromatic rings. The highest BCUT2D eigenvalue weighted by atomic mass is 32.3. The first-order valence-electron chi connectivity index (χ1n) is 32.3. The highest BCUT2D eigenvalue weighted by molar-refractivity contribution is 8.34. The molecular weight excluding hydrogens is 1160 g/mol. The zero-order valence-electron chi connectivity index (χ0n) is 51.5. The molecule has 0 spiro atoms. The van der Waals surface area contributed by atoms with Gasteiger partial charge in [-0.15, -0.1) is 10.0 Å². The number of para-hydroxylation sites is 3. The van der Waals surface area contributed by atoms with E-state index in [1.807, 2.05) is 12.1 Å². The maximum Gasteiger partial charge on any atom is 0.135 e. The van der Waals surface area contributed by atoms with Gasteiger partial charge in [-0.1, -0.05) is 243 Å². The average Bonchev–Trinajstić information content (AvgIpc) is 1.13. The van der Waals surface area contributed by atoms with Crippen molar-refractivity contribution in [2.75, 3.05) is 0 Å². The summed E-state index contributed by atoms with van der Waals surface area (Å²) in [5.74, 6) is 0. The number of aromatic nitrogens is 2. The van der Waals surface area contributed by atoms with E-state index in [-0.39, 0.29) is 0 Å². The van der Waals surface area contributed by atoms with Crippen molar-refractivity contribution in [2.45, 2.75) is 32.4 Å². The molecule has 1 aliphatic rings. The summed E-state index contributed by atoms with van der Waals surface area (Å²) in [5.41, 5.74) is 23.7. The van der Waals surface area contributed by atoms with Gasteiger partial charge in [-0.3, -0.25) is 0 Å². The van der Waals surface area contributed by atoms with Crippen molar-refractivity contribution in [1.82, 2.24) is 9.13 Å². The van der Waals surface area contributed by atoms with E-state index in [9.17, 15) is 0 Å². The van der Waals surface area contributed by atoms with E-state index >= 15 is 0 Å². The summed E-state index contributed by atoms with van der Waals surface area (Å²) < 4.78 is 11.5. The van der Waals surface area contributed by atoms with E-state index in [1.165, 1.54) is 91.5 Å². The molecule has 442 valence electrons. The first-order chi connectivity index (χ1) is 46.6. The summed E-state index contributed by atoms with van der Waals surface area (Å²) in [6.45, 7) is 0. The van der Waals surface area contributed by atoms with Crippen LogP contribution in [0.15, 0.2) is 358 Å². The first-order valence-corrected chi connectivity index (χ1v) is 34.0. The third-order valence-electron chi connectivity index (χ3n) is 19.1. The maximum absolute atomic E-state index is 6.34. The fraction of sp³-hybridized carbons (Fsp3) is 0.0222. The summed E-state index contributed by atoms with van der Waals surface area (Å²) in [6, 6.07) is 128. The van der Waals surface area contributed by atoms with Crippen LogP contribution in [0.2, 0.25) is 0 Å². The van der Waals surface area contributed by atoms with Crippen molar-refractivity contribution in [1.29, 1.82) is 0 Å². The summed E-state index contributed by atoms with van der Waals surface area (Å²) in [5, 5.41) is 5.85. The minimum absolute atomic E-state index is 0.865. The zero-order chi connectivity index (χ0) is 62.1. The second-order valence-electron chi connectivity index (χ2n) is 24.4. The van der Waals surface area contributed by atoms with Crippen LogP contribution in [-0.4, -0.2) is 9.13 Å². The molecule has 18 rings (SSSR count). The van der Waals surface area contributed by atoms with Crippen LogP contribution in [0, 0.1) is 12.1 Å². The fourth-order valence-electron chi connectivity index (χ4n) is 15.0. The molecule has 3 aromatic heterocycles. The summed E-state index contributed by atoms with van der Waals surface area (Å²) >= 11 is 0. The minimum atomic E-state index is -2.35. The van der Waals surface area contributed by atoms with Crippen molar-refractivity contribution in [3.05, 3.63) is 357 Å². The summed E-state index contributed by atoms with van der Waals surface area (Å²) in [7, 11) is -2.35. The summed E-state index contributed by atoms with van der Waals surface area (Å²) in [6.07, 6.45) is 6.54. The van der Waals surface area contributed by atoms with Crippen molar-refractivity contribution < 1.29 is 4.42 Å². The molecule has 94 heavy (non-hydrogen) atoms. The van der Waals surface area contributed by atoms with Gasteiger partial charge >= 0.3 is 0 Å². The lowest BCUT2D eigenvalue weighted by Gasteiger charge is -2.43. The van der Waals surface area contributed by atoms with Crippen LogP contribution in [0.4, 0.5) is 0 Å². The molecule has 0 N–H and O–H groups in total. The molecule has 0 saturated carbocycles. The number of fused-ring (bicyclic) bond motifs is 9. The number of hydrogen-bond acceptors (Lipinski definition) is 1. The van der Waals surface area contributed by atoms with Gasteiger partial charge in [0.25, 0.3) is 0 Å². The Morgan fingerprint density at radius 2 is 0.926 bits per heavy atom. The number of nitrogens with zero attached hydrogens (tertiary/aromatic N) is 2. The lowest BCUT2D eigenvalue weighted by Crippen LogP contribution is -2.10. The van der Waals surface area contributed by atoms with Crippen LogP contribution in [0.3, 0.4) is 0 Å². The molecule has 0 unspecified atom stereocenters. The van der Waals surface area contributed by atoms with Gasteiger partial charge in [-0.25, -0.2) is 0 Å². The predicted octanol–water partition coefficient (Wildman–Crippen LogP) is 24.5. The molecule has 14 aromatic carbocycles. The lowest BCUT2D eigenvalue weighted by molar-refractivity contribution is 0.669. The Morgan fingerprint density at radius 1 is 0.340 bits per heavy atom. The predicted molar refractivity (Wildman–Crippen MR) is 393 cm³/mol. The quantitative estimate of drug-likeness (QED) is 0.120. The molecule has 0 amide bonds. The Bertz CT molecular complexity index is 5610. The molecule has 3 nitrogen and oxygen atoms in total. The Kier molecular flexibility index (Phi) is 13.3. The molecular formula is C90H60N2OS. The first kappa shape index (κ1) is 55.0. The molecule has 4 heteroatoms. The van der Waals surface area contributed by atoms with Crippen LogP contribution in [0.25, 0.3) is 139 Å². The van der Waals surface area contributed by atoms with Crippen molar-refractivity contribution >= 4 is 70.8 Å². The second-order valence-corrected chi connectivity index (χ2v) is 27.5. The molecule has 0 bridgehead atoms. The Balaban J connectivity index is 0.902. The Hall–Kier alpha value is -11.9. The molecule has 0 radical (unpaired) electrons. The highest BCUT2D eigenvalue weighted by Crippen LogP contribution is 2.75. The Labute approximate surface area is 548 Å². The van der Waals surface area contributed by atoms with E-state index in [1.54, 1.807) is 0 Å². The maximum atomic E-state index is 6.34. The van der Waals surface area contributed by atoms with E-state index in [2.05, 4.69) is 349 Å².